The summed E-state index contributed by atoms with van der Waals surface area (Å²) in [4.78, 5) is 36.6. The summed E-state index contributed by atoms with van der Waals surface area (Å²) in [5.74, 6) is -0.198. The van der Waals surface area contributed by atoms with E-state index in [1.54, 1.807) is 37.4 Å². The first-order valence-corrected chi connectivity index (χ1v) is 11.5. The van der Waals surface area contributed by atoms with Crippen LogP contribution >= 0.6 is 0 Å². The molecular formula is C24H30N8O3. The van der Waals surface area contributed by atoms with Crippen molar-refractivity contribution in [2.75, 3.05) is 44.5 Å². The van der Waals surface area contributed by atoms with Crippen LogP contribution in [0.15, 0.2) is 48.9 Å². The molecule has 0 aliphatic carbocycles. The van der Waals surface area contributed by atoms with Crippen molar-refractivity contribution in [3.8, 4) is 0 Å². The molecule has 11 nitrogen and oxygen atoms in total. The molecule has 0 saturated heterocycles. The van der Waals surface area contributed by atoms with Crippen LogP contribution in [0.2, 0.25) is 0 Å². The molecule has 1 aromatic carbocycles. The van der Waals surface area contributed by atoms with Crippen LogP contribution in [0.25, 0.3) is 11.2 Å². The number of amides is 2. The van der Waals surface area contributed by atoms with Gasteiger partial charge in [-0.25, -0.2) is 9.97 Å². The minimum atomic E-state index is -0.332. The summed E-state index contributed by atoms with van der Waals surface area (Å²) in [5.41, 5.74) is 8.24. The topological polar surface area (TPSA) is 139 Å². The summed E-state index contributed by atoms with van der Waals surface area (Å²) in [5, 5.41) is 8.89. The van der Waals surface area contributed by atoms with Gasteiger partial charge in [-0.15, -0.1) is 0 Å². The number of aromatic nitrogens is 3. The molecule has 35 heavy (non-hydrogen) atoms. The van der Waals surface area contributed by atoms with Crippen LogP contribution in [0.3, 0.4) is 0 Å². The number of carbonyl (C=O) groups is 2. The summed E-state index contributed by atoms with van der Waals surface area (Å²) < 4.78 is 6.98. The van der Waals surface area contributed by atoms with E-state index in [1.807, 2.05) is 17.0 Å². The molecule has 1 aliphatic heterocycles. The molecule has 3 heterocycles. The van der Waals surface area contributed by atoms with Crippen LogP contribution < -0.4 is 21.7 Å². The van der Waals surface area contributed by atoms with Gasteiger partial charge in [0, 0.05) is 63.2 Å². The van der Waals surface area contributed by atoms with Crippen molar-refractivity contribution in [2.24, 2.45) is 0 Å². The number of benzene rings is 1. The van der Waals surface area contributed by atoms with Gasteiger partial charge in [-0.3, -0.25) is 19.5 Å². The molecule has 5 N–H and O–H groups in total. The number of nitrogens with zero attached hydrogens (tertiary/aromatic N) is 4. The lowest BCUT2D eigenvalue weighted by Crippen LogP contribution is -2.28. The monoisotopic (exact) mass is 478 g/mol. The fourth-order valence-corrected chi connectivity index (χ4v) is 3.78. The third kappa shape index (κ3) is 6.07. The molecule has 0 atom stereocenters. The Bertz CT molecular complexity index is 1220. The van der Waals surface area contributed by atoms with Crippen molar-refractivity contribution in [1.82, 2.24) is 30.1 Å². The van der Waals surface area contributed by atoms with Gasteiger partial charge >= 0.3 is 0 Å². The van der Waals surface area contributed by atoms with E-state index < -0.39 is 0 Å². The standard InChI is InChI=1S/C24H30N8O3/c1-35-12-4-10-32-21-20(29-24(32)30-23(34)17-5-2-6-19(25)13-17)14-18(15-28-21)22(33)27-7-3-9-31-11-8-26-16-31/h2,5-6,8,11,13-15,26H,3-4,7,9-10,12,16,25H2,1H3,(H,27,33)(H,29,30,34). The molecule has 0 bridgehead atoms. The Morgan fingerprint density at radius 2 is 2.06 bits per heavy atom. The molecule has 0 fully saturated rings. The zero-order valence-corrected chi connectivity index (χ0v) is 19.7. The number of aryl methyl sites for hydroxylation is 1. The van der Waals surface area contributed by atoms with Crippen molar-refractivity contribution in [3.63, 3.8) is 0 Å². The minimum absolute atomic E-state index is 0.214. The Kier molecular flexibility index (Phi) is 7.78. The van der Waals surface area contributed by atoms with Gasteiger partial charge in [0.25, 0.3) is 11.8 Å². The number of imidazole rings is 1. The Hall–Kier alpha value is -4.12. The van der Waals surface area contributed by atoms with Crippen molar-refractivity contribution < 1.29 is 14.3 Å². The van der Waals surface area contributed by atoms with Gasteiger partial charge in [0.15, 0.2) is 5.65 Å². The highest BCUT2D eigenvalue weighted by Crippen LogP contribution is 2.21. The van der Waals surface area contributed by atoms with Gasteiger partial charge < -0.3 is 26.0 Å². The molecule has 3 aromatic rings. The maximum Gasteiger partial charge on any atom is 0.258 e. The van der Waals surface area contributed by atoms with Crippen molar-refractivity contribution in [2.45, 2.75) is 19.4 Å². The van der Waals surface area contributed by atoms with Gasteiger partial charge in [-0.05, 0) is 37.1 Å². The van der Waals surface area contributed by atoms with E-state index in [1.165, 1.54) is 6.20 Å². The molecule has 184 valence electrons. The largest absolute Gasteiger partial charge is 0.399 e. The average molecular weight is 479 g/mol. The van der Waals surface area contributed by atoms with Gasteiger partial charge in [0.2, 0.25) is 5.95 Å². The summed E-state index contributed by atoms with van der Waals surface area (Å²) >= 11 is 0. The molecular weight excluding hydrogens is 448 g/mol. The second kappa shape index (κ2) is 11.3. The highest BCUT2D eigenvalue weighted by Gasteiger charge is 2.17. The first-order valence-electron chi connectivity index (χ1n) is 11.5. The fourth-order valence-electron chi connectivity index (χ4n) is 3.78. The molecule has 0 unspecified atom stereocenters. The molecule has 0 saturated carbocycles. The number of anilines is 2. The molecule has 4 rings (SSSR count). The number of pyridine rings is 1. The Morgan fingerprint density at radius 1 is 1.17 bits per heavy atom. The Morgan fingerprint density at radius 3 is 2.83 bits per heavy atom. The number of fused-ring (bicyclic) bond motifs is 1. The van der Waals surface area contributed by atoms with E-state index in [0.29, 0.717) is 60.0 Å². The molecule has 0 spiro atoms. The predicted molar refractivity (Wildman–Crippen MR) is 134 cm³/mol. The number of rotatable bonds is 11. The number of methoxy groups -OCH3 is 1. The fraction of sp³-hybridized carbons (Fsp3) is 0.333. The lowest BCUT2D eigenvalue weighted by atomic mass is 10.2. The lowest BCUT2D eigenvalue weighted by Gasteiger charge is -2.14. The van der Waals surface area contributed by atoms with Crippen LogP contribution in [0.4, 0.5) is 11.6 Å². The van der Waals surface area contributed by atoms with Crippen LogP contribution in [-0.2, 0) is 11.3 Å². The van der Waals surface area contributed by atoms with Gasteiger partial charge in [-0.2, -0.15) is 0 Å². The van der Waals surface area contributed by atoms with E-state index in [9.17, 15) is 9.59 Å². The SMILES string of the molecule is COCCCn1c(NC(=O)c2cccc(N)c2)nc2cc(C(=O)NCCCN3C=CNC3)cnc21. The molecule has 2 amide bonds. The number of hydrogen-bond donors (Lipinski definition) is 4. The van der Waals surface area contributed by atoms with Crippen LogP contribution in [0, 0.1) is 0 Å². The molecule has 11 heteroatoms. The van der Waals surface area contributed by atoms with Crippen LogP contribution in [0.1, 0.15) is 33.6 Å². The Balaban J connectivity index is 1.48. The highest BCUT2D eigenvalue weighted by atomic mass is 16.5. The number of carbonyl (C=O) groups excluding carboxylic acids is 2. The van der Waals surface area contributed by atoms with Crippen molar-refractivity contribution >= 4 is 34.6 Å². The quantitative estimate of drug-likeness (QED) is 0.241. The van der Waals surface area contributed by atoms with Gasteiger partial charge in [0.05, 0.1) is 12.2 Å². The van der Waals surface area contributed by atoms with E-state index >= 15 is 0 Å². The predicted octanol–water partition coefficient (Wildman–Crippen LogP) is 1.76. The molecule has 1 aliphatic rings. The highest BCUT2D eigenvalue weighted by molar-refractivity contribution is 6.04. The maximum atomic E-state index is 12.8. The summed E-state index contributed by atoms with van der Waals surface area (Å²) in [7, 11) is 1.64. The van der Waals surface area contributed by atoms with Crippen LogP contribution in [-0.4, -0.2) is 64.7 Å². The van der Waals surface area contributed by atoms with Crippen molar-refractivity contribution in [3.05, 3.63) is 60.1 Å². The normalized spacial score (nSPS) is 12.7. The zero-order valence-electron chi connectivity index (χ0n) is 19.7. The second-order valence-corrected chi connectivity index (χ2v) is 8.18. The van der Waals surface area contributed by atoms with Gasteiger partial charge in [0.1, 0.15) is 5.52 Å². The minimum Gasteiger partial charge on any atom is -0.399 e. The first-order chi connectivity index (χ1) is 17.0. The number of ether oxygens (including phenoxy) is 1. The zero-order chi connectivity index (χ0) is 24.6. The molecule has 2 aromatic heterocycles. The second-order valence-electron chi connectivity index (χ2n) is 8.18. The summed E-state index contributed by atoms with van der Waals surface area (Å²) in [6.07, 6.45) is 6.95. The third-order valence-electron chi connectivity index (χ3n) is 5.56. The maximum absolute atomic E-state index is 12.8. The lowest BCUT2D eigenvalue weighted by molar-refractivity contribution is 0.0951. The smallest absolute Gasteiger partial charge is 0.258 e. The van der Waals surface area contributed by atoms with Crippen molar-refractivity contribution in [1.29, 1.82) is 0 Å². The van der Waals surface area contributed by atoms with E-state index in [4.69, 9.17) is 10.5 Å². The summed E-state index contributed by atoms with van der Waals surface area (Å²) in [6.45, 7) is 3.27. The first kappa shape index (κ1) is 24.0. The van der Waals surface area contributed by atoms with E-state index in [0.717, 1.165) is 19.6 Å². The van der Waals surface area contributed by atoms with Crippen LogP contribution in [0.5, 0.6) is 0 Å². The average Bonchev–Trinajstić information content (AvgIpc) is 3.49. The summed E-state index contributed by atoms with van der Waals surface area (Å²) in [6, 6.07) is 8.41. The van der Waals surface area contributed by atoms with E-state index in [2.05, 4.69) is 30.8 Å². The van der Waals surface area contributed by atoms with Gasteiger partial charge in [-0.1, -0.05) is 6.07 Å². The number of hydrogen-bond acceptors (Lipinski definition) is 8. The van der Waals surface area contributed by atoms with E-state index in [-0.39, 0.29) is 11.8 Å². The number of nitrogen functional groups attached to an aromatic ring is 1. The third-order valence-corrected chi connectivity index (χ3v) is 5.56. The number of nitrogens with one attached hydrogen (secondary N) is 3. The molecule has 0 radical (unpaired) electrons. The Labute approximate surface area is 203 Å². The number of nitrogens with two attached hydrogens (primary N) is 1.